The number of amides is 1. The van der Waals surface area contributed by atoms with Crippen LogP contribution >= 0.6 is 12.2 Å². The third kappa shape index (κ3) is 4.98. The van der Waals surface area contributed by atoms with Crippen molar-refractivity contribution in [3.63, 3.8) is 0 Å². The summed E-state index contributed by atoms with van der Waals surface area (Å²) in [4.78, 5) is 12.3. The molecule has 7 nitrogen and oxygen atoms in total. The second-order valence-corrected chi connectivity index (χ2v) is 6.57. The summed E-state index contributed by atoms with van der Waals surface area (Å²) in [5, 5.41) is 9.85. The number of nitrogens with zero attached hydrogens (tertiary/aromatic N) is 2. The molecule has 0 saturated carbocycles. The van der Waals surface area contributed by atoms with Crippen LogP contribution in [0.5, 0.6) is 11.5 Å². The van der Waals surface area contributed by atoms with E-state index in [4.69, 9.17) is 21.7 Å². The molecular formula is C20H22N4O3S. The van der Waals surface area contributed by atoms with Gasteiger partial charge >= 0.3 is 0 Å². The lowest BCUT2D eigenvalue weighted by atomic mass is 10.1. The van der Waals surface area contributed by atoms with E-state index in [1.54, 1.807) is 11.7 Å². The van der Waals surface area contributed by atoms with E-state index in [1.807, 2.05) is 55.5 Å². The molecule has 0 aliphatic carbocycles. The molecular weight excluding hydrogens is 376 g/mol. The molecule has 0 radical (unpaired) electrons. The molecule has 1 aromatic heterocycles. The van der Waals surface area contributed by atoms with E-state index in [0.29, 0.717) is 29.5 Å². The van der Waals surface area contributed by atoms with Crippen LogP contribution in [0.3, 0.4) is 0 Å². The minimum absolute atomic E-state index is 0.0845. The van der Waals surface area contributed by atoms with Crippen molar-refractivity contribution in [2.24, 2.45) is 0 Å². The summed E-state index contributed by atoms with van der Waals surface area (Å²) in [7, 11) is 1.61. The van der Waals surface area contributed by atoms with E-state index in [2.05, 4.69) is 15.5 Å². The van der Waals surface area contributed by atoms with Gasteiger partial charge < -0.3 is 14.8 Å². The first-order chi connectivity index (χ1) is 13.6. The van der Waals surface area contributed by atoms with Gasteiger partial charge in [0.2, 0.25) is 5.91 Å². The zero-order chi connectivity index (χ0) is 19.9. The molecule has 1 amide bonds. The van der Waals surface area contributed by atoms with Gasteiger partial charge in [-0.2, -0.15) is 5.10 Å². The first kappa shape index (κ1) is 19.6. The smallest absolute Gasteiger partial charge is 0.240 e. The Morgan fingerprint density at radius 1 is 1.21 bits per heavy atom. The van der Waals surface area contributed by atoms with E-state index in [0.717, 1.165) is 16.9 Å². The number of benzene rings is 2. The van der Waals surface area contributed by atoms with E-state index >= 15 is 0 Å². The first-order valence-corrected chi connectivity index (χ1v) is 9.23. The van der Waals surface area contributed by atoms with Crippen LogP contribution in [0.4, 0.5) is 0 Å². The van der Waals surface area contributed by atoms with Crippen molar-refractivity contribution in [1.82, 2.24) is 20.1 Å². The lowest BCUT2D eigenvalue weighted by Gasteiger charge is -2.10. The van der Waals surface area contributed by atoms with Crippen molar-refractivity contribution in [1.29, 1.82) is 0 Å². The normalized spacial score (nSPS) is 10.5. The van der Waals surface area contributed by atoms with Crippen LogP contribution in [0.2, 0.25) is 0 Å². The molecule has 8 heteroatoms. The minimum atomic E-state index is -0.162. The van der Waals surface area contributed by atoms with E-state index in [-0.39, 0.29) is 12.5 Å². The second kappa shape index (κ2) is 9.18. The highest BCUT2D eigenvalue weighted by molar-refractivity contribution is 7.71. The molecule has 0 atom stereocenters. The van der Waals surface area contributed by atoms with Crippen molar-refractivity contribution in [3.05, 3.63) is 58.9 Å². The molecule has 0 fully saturated rings. The van der Waals surface area contributed by atoms with Crippen LogP contribution in [-0.2, 0) is 11.3 Å². The predicted octanol–water partition coefficient (Wildman–Crippen LogP) is 3.12. The third-order valence-electron chi connectivity index (χ3n) is 4.09. The SMILES string of the molecule is COc1ccc(OCCNC(=O)Cn2c(-c3cccc(C)c3)n[nH]c2=S)cc1. The Morgan fingerprint density at radius 2 is 1.96 bits per heavy atom. The summed E-state index contributed by atoms with van der Waals surface area (Å²) in [6.45, 7) is 2.83. The molecule has 0 bridgehead atoms. The highest BCUT2D eigenvalue weighted by atomic mass is 32.1. The van der Waals surface area contributed by atoms with Crippen molar-refractivity contribution < 1.29 is 14.3 Å². The van der Waals surface area contributed by atoms with E-state index in [9.17, 15) is 4.79 Å². The van der Waals surface area contributed by atoms with Crippen molar-refractivity contribution >= 4 is 18.1 Å². The van der Waals surface area contributed by atoms with E-state index in [1.165, 1.54) is 0 Å². The average Bonchev–Trinajstić information content (AvgIpc) is 3.06. The molecule has 0 spiro atoms. The largest absolute Gasteiger partial charge is 0.497 e. The maximum atomic E-state index is 12.3. The summed E-state index contributed by atoms with van der Waals surface area (Å²) >= 11 is 5.27. The van der Waals surface area contributed by atoms with Crippen LogP contribution in [0, 0.1) is 11.7 Å². The number of hydrogen-bond donors (Lipinski definition) is 2. The average molecular weight is 398 g/mol. The number of hydrogen-bond acceptors (Lipinski definition) is 5. The van der Waals surface area contributed by atoms with Gasteiger partial charge in [-0.1, -0.05) is 23.8 Å². The monoisotopic (exact) mass is 398 g/mol. The third-order valence-corrected chi connectivity index (χ3v) is 4.40. The molecule has 3 aromatic rings. The molecule has 0 unspecified atom stereocenters. The molecule has 0 aliphatic heterocycles. The first-order valence-electron chi connectivity index (χ1n) is 8.82. The predicted molar refractivity (Wildman–Crippen MR) is 109 cm³/mol. The van der Waals surface area contributed by atoms with Crippen molar-refractivity contribution in [2.45, 2.75) is 13.5 Å². The maximum absolute atomic E-state index is 12.3. The number of aromatic nitrogens is 3. The quantitative estimate of drug-likeness (QED) is 0.450. The Labute approximate surface area is 168 Å². The van der Waals surface area contributed by atoms with Crippen LogP contribution in [0.25, 0.3) is 11.4 Å². The lowest BCUT2D eigenvalue weighted by molar-refractivity contribution is -0.121. The van der Waals surface area contributed by atoms with Gasteiger partial charge in [0.1, 0.15) is 24.7 Å². The molecule has 0 saturated heterocycles. The zero-order valence-electron chi connectivity index (χ0n) is 15.8. The molecule has 0 aliphatic rings. The van der Waals surface area contributed by atoms with Crippen LogP contribution in [0.15, 0.2) is 48.5 Å². The number of aryl methyl sites for hydroxylation is 1. The van der Waals surface area contributed by atoms with Crippen LogP contribution in [0.1, 0.15) is 5.56 Å². The van der Waals surface area contributed by atoms with Crippen molar-refractivity contribution in [3.8, 4) is 22.9 Å². The van der Waals surface area contributed by atoms with Gasteiger partial charge in [-0.05, 0) is 49.5 Å². The van der Waals surface area contributed by atoms with Crippen molar-refractivity contribution in [2.75, 3.05) is 20.3 Å². The number of aromatic amines is 1. The lowest BCUT2D eigenvalue weighted by Crippen LogP contribution is -2.31. The fourth-order valence-corrected chi connectivity index (χ4v) is 2.90. The molecule has 2 aromatic carbocycles. The van der Waals surface area contributed by atoms with Crippen LogP contribution < -0.4 is 14.8 Å². The number of methoxy groups -OCH3 is 1. The second-order valence-electron chi connectivity index (χ2n) is 6.18. The zero-order valence-corrected chi connectivity index (χ0v) is 16.6. The van der Waals surface area contributed by atoms with Gasteiger partial charge in [0.25, 0.3) is 0 Å². The molecule has 1 heterocycles. The van der Waals surface area contributed by atoms with Gasteiger partial charge in [0, 0.05) is 5.56 Å². The minimum Gasteiger partial charge on any atom is -0.497 e. The molecule has 28 heavy (non-hydrogen) atoms. The van der Waals surface area contributed by atoms with Crippen LogP contribution in [-0.4, -0.2) is 40.9 Å². The highest BCUT2D eigenvalue weighted by Gasteiger charge is 2.12. The number of nitrogens with one attached hydrogen (secondary N) is 2. The Bertz CT molecular complexity index is 995. The number of carbonyl (C=O) groups excluding carboxylic acids is 1. The number of carbonyl (C=O) groups is 1. The fraction of sp³-hybridized carbons (Fsp3) is 0.250. The summed E-state index contributed by atoms with van der Waals surface area (Å²) in [6.07, 6.45) is 0. The highest BCUT2D eigenvalue weighted by Crippen LogP contribution is 2.18. The standard InChI is InChI=1S/C20H22N4O3S/c1-14-4-3-5-15(12-14)19-22-23-20(28)24(19)13-18(25)21-10-11-27-17-8-6-16(26-2)7-9-17/h3-9,12H,10-11,13H2,1-2H3,(H,21,25)(H,23,28). The Hall–Kier alpha value is -3.13. The maximum Gasteiger partial charge on any atom is 0.240 e. The fourth-order valence-electron chi connectivity index (χ4n) is 2.70. The Morgan fingerprint density at radius 3 is 2.68 bits per heavy atom. The molecule has 3 rings (SSSR count). The number of ether oxygens (including phenoxy) is 2. The Balaban J connectivity index is 1.54. The number of rotatable bonds is 8. The van der Waals surface area contributed by atoms with Gasteiger partial charge in [-0.3, -0.25) is 14.5 Å². The van der Waals surface area contributed by atoms with Gasteiger partial charge in [0.15, 0.2) is 10.6 Å². The van der Waals surface area contributed by atoms with Gasteiger partial charge in [-0.25, -0.2) is 0 Å². The molecule has 146 valence electrons. The van der Waals surface area contributed by atoms with E-state index < -0.39 is 0 Å². The summed E-state index contributed by atoms with van der Waals surface area (Å²) in [5.74, 6) is 1.96. The number of H-pyrrole nitrogens is 1. The summed E-state index contributed by atoms with van der Waals surface area (Å²) in [6, 6.07) is 15.2. The van der Waals surface area contributed by atoms with Gasteiger partial charge in [-0.15, -0.1) is 0 Å². The topological polar surface area (TPSA) is 81.2 Å². The molecule has 2 N–H and O–H groups in total. The Kier molecular flexibility index (Phi) is 6.44. The summed E-state index contributed by atoms with van der Waals surface area (Å²) in [5.41, 5.74) is 2.01. The summed E-state index contributed by atoms with van der Waals surface area (Å²) < 4.78 is 12.8. The van der Waals surface area contributed by atoms with Gasteiger partial charge in [0.05, 0.1) is 13.7 Å².